The van der Waals surface area contributed by atoms with Gasteiger partial charge in [-0.05, 0) is 75.0 Å². The van der Waals surface area contributed by atoms with Crippen molar-refractivity contribution in [2.24, 2.45) is 11.8 Å². The second kappa shape index (κ2) is 10.6. The maximum absolute atomic E-state index is 11.9. The van der Waals surface area contributed by atoms with Gasteiger partial charge < -0.3 is 20.3 Å². The van der Waals surface area contributed by atoms with Crippen molar-refractivity contribution in [3.8, 4) is 0 Å². The van der Waals surface area contributed by atoms with Gasteiger partial charge in [0.05, 0.1) is 12.2 Å². The molecule has 0 aliphatic carbocycles. The van der Waals surface area contributed by atoms with Gasteiger partial charge in [0.1, 0.15) is 0 Å². The SMILES string of the molecule is CCOC(=O)c1ccc(C)c(NC(=S)NCCCN2CC(C)CC(C)C2)c1. The Labute approximate surface area is 168 Å². The van der Waals surface area contributed by atoms with Crippen LogP contribution in [0, 0.1) is 18.8 Å². The Balaban J connectivity index is 1.77. The number of carbonyl (C=O) groups is 1. The number of ether oxygens (including phenoxy) is 1. The van der Waals surface area contributed by atoms with Gasteiger partial charge >= 0.3 is 5.97 Å². The van der Waals surface area contributed by atoms with E-state index in [1.807, 2.05) is 13.0 Å². The fourth-order valence-corrected chi connectivity index (χ4v) is 3.96. The molecule has 1 fully saturated rings. The molecule has 0 aromatic heterocycles. The van der Waals surface area contributed by atoms with Crippen molar-refractivity contribution < 1.29 is 9.53 Å². The third kappa shape index (κ3) is 7.11. The van der Waals surface area contributed by atoms with E-state index in [0.29, 0.717) is 17.3 Å². The average Bonchev–Trinajstić information content (AvgIpc) is 2.60. The summed E-state index contributed by atoms with van der Waals surface area (Å²) in [6, 6.07) is 5.46. The van der Waals surface area contributed by atoms with Crippen molar-refractivity contribution in [1.29, 1.82) is 0 Å². The molecule has 1 aromatic carbocycles. The largest absolute Gasteiger partial charge is 0.462 e. The number of likely N-dealkylation sites (tertiary alicyclic amines) is 1. The molecule has 0 radical (unpaired) electrons. The molecule has 0 bridgehead atoms. The zero-order valence-corrected chi connectivity index (χ0v) is 17.8. The molecule has 1 aromatic rings. The molecule has 0 spiro atoms. The van der Waals surface area contributed by atoms with Gasteiger partial charge in [-0.1, -0.05) is 19.9 Å². The predicted octanol–water partition coefficient (Wildman–Crippen LogP) is 3.83. The van der Waals surface area contributed by atoms with Crippen LogP contribution in [0.2, 0.25) is 0 Å². The van der Waals surface area contributed by atoms with Crippen molar-refractivity contribution in [3.05, 3.63) is 29.3 Å². The first-order valence-electron chi connectivity index (χ1n) is 9.94. The van der Waals surface area contributed by atoms with Crippen molar-refractivity contribution >= 4 is 29.0 Å². The molecule has 0 amide bonds. The molecule has 2 atom stereocenters. The van der Waals surface area contributed by atoms with Crippen LogP contribution in [-0.4, -0.2) is 48.8 Å². The zero-order chi connectivity index (χ0) is 19.8. The number of esters is 1. The van der Waals surface area contributed by atoms with Crippen molar-refractivity contribution in [1.82, 2.24) is 10.2 Å². The highest BCUT2D eigenvalue weighted by Gasteiger charge is 2.21. The fraction of sp³-hybridized carbons (Fsp3) is 0.619. The molecule has 1 aliphatic rings. The third-order valence-corrected chi connectivity index (χ3v) is 5.12. The van der Waals surface area contributed by atoms with Crippen LogP contribution in [-0.2, 0) is 4.74 Å². The molecule has 1 aliphatic heterocycles. The lowest BCUT2D eigenvalue weighted by Crippen LogP contribution is -2.40. The molecular weight excluding hydrogens is 358 g/mol. The van der Waals surface area contributed by atoms with Crippen LogP contribution >= 0.6 is 12.2 Å². The van der Waals surface area contributed by atoms with E-state index in [1.54, 1.807) is 19.1 Å². The monoisotopic (exact) mass is 391 g/mol. The summed E-state index contributed by atoms with van der Waals surface area (Å²) in [6.07, 6.45) is 2.40. The smallest absolute Gasteiger partial charge is 0.338 e. The Morgan fingerprint density at radius 1 is 1.30 bits per heavy atom. The highest BCUT2D eigenvalue weighted by atomic mass is 32.1. The second-order valence-electron chi connectivity index (χ2n) is 7.69. The van der Waals surface area contributed by atoms with Crippen LogP contribution in [0.15, 0.2) is 18.2 Å². The van der Waals surface area contributed by atoms with Gasteiger partial charge in [-0.15, -0.1) is 0 Å². The lowest BCUT2D eigenvalue weighted by Gasteiger charge is -2.35. The standard InChI is InChI=1S/C21H33N3O2S/c1-5-26-20(25)18-8-7-17(4)19(12-18)23-21(27)22-9-6-10-24-13-15(2)11-16(3)14-24/h7-8,12,15-16H,5-6,9-11,13-14H2,1-4H3,(H2,22,23,27). The first-order valence-corrected chi connectivity index (χ1v) is 10.3. The molecule has 2 rings (SSSR count). The number of thiocarbonyl (C=S) groups is 1. The van der Waals surface area contributed by atoms with Crippen molar-refractivity contribution in [2.75, 3.05) is 38.1 Å². The van der Waals surface area contributed by atoms with Gasteiger partial charge in [-0.2, -0.15) is 0 Å². The van der Waals surface area contributed by atoms with Crippen molar-refractivity contribution in [2.45, 2.75) is 40.5 Å². The Morgan fingerprint density at radius 2 is 2.00 bits per heavy atom. The first kappa shape index (κ1) is 21.6. The van der Waals surface area contributed by atoms with Crippen LogP contribution in [0.5, 0.6) is 0 Å². The van der Waals surface area contributed by atoms with Gasteiger partial charge in [-0.25, -0.2) is 4.79 Å². The number of aryl methyl sites for hydroxylation is 1. The van der Waals surface area contributed by atoms with Crippen LogP contribution in [0.3, 0.4) is 0 Å². The van der Waals surface area contributed by atoms with E-state index in [2.05, 4.69) is 29.4 Å². The van der Waals surface area contributed by atoms with E-state index >= 15 is 0 Å². The first-order chi connectivity index (χ1) is 12.9. The minimum absolute atomic E-state index is 0.315. The Kier molecular flexibility index (Phi) is 8.51. The zero-order valence-electron chi connectivity index (χ0n) is 17.0. The predicted molar refractivity (Wildman–Crippen MR) is 115 cm³/mol. The van der Waals surface area contributed by atoms with Crippen LogP contribution < -0.4 is 10.6 Å². The van der Waals surface area contributed by atoms with Crippen molar-refractivity contribution in [3.63, 3.8) is 0 Å². The lowest BCUT2D eigenvalue weighted by atomic mass is 9.92. The minimum Gasteiger partial charge on any atom is -0.462 e. The van der Waals surface area contributed by atoms with Gasteiger partial charge in [-0.3, -0.25) is 0 Å². The summed E-state index contributed by atoms with van der Waals surface area (Å²) in [5.41, 5.74) is 2.39. The summed E-state index contributed by atoms with van der Waals surface area (Å²) >= 11 is 5.41. The Hall–Kier alpha value is -1.66. The number of anilines is 1. The van der Waals surface area contributed by atoms with E-state index in [4.69, 9.17) is 17.0 Å². The number of hydrogen-bond acceptors (Lipinski definition) is 4. The molecule has 2 N–H and O–H groups in total. The molecule has 150 valence electrons. The summed E-state index contributed by atoms with van der Waals surface area (Å²) < 4.78 is 5.06. The molecule has 6 heteroatoms. The number of carbonyl (C=O) groups excluding carboxylic acids is 1. The molecule has 1 heterocycles. The quantitative estimate of drug-likeness (QED) is 0.419. The maximum atomic E-state index is 11.9. The van der Waals surface area contributed by atoms with Gasteiger partial charge in [0.25, 0.3) is 0 Å². The topological polar surface area (TPSA) is 53.6 Å². The number of benzene rings is 1. The summed E-state index contributed by atoms with van der Waals surface area (Å²) in [5, 5.41) is 7.05. The lowest BCUT2D eigenvalue weighted by molar-refractivity contribution is 0.0526. The number of nitrogens with zero attached hydrogens (tertiary/aromatic N) is 1. The Morgan fingerprint density at radius 3 is 2.67 bits per heavy atom. The van der Waals surface area contributed by atoms with E-state index in [1.165, 1.54) is 19.5 Å². The van der Waals surface area contributed by atoms with E-state index < -0.39 is 0 Å². The summed E-state index contributed by atoms with van der Waals surface area (Å²) in [6.45, 7) is 13.2. The summed E-state index contributed by atoms with van der Waals surface area (Å²) in [4.78, 5) is 14.5. The molecular formula is C21H33N3O2S. The fourth-order valence-electron chi connectivity index (χ4n) is 3.74. The average molecular weight is 392 g/mol. The van der Waals surface area contributed by atoms with Gasteiger partial charge in [0.2, 0.25) is 0 Å². The number of hydrogen-bond donors (Lipinski definition) is 2. The normalized spacial score (nSPS) is 20.1. The third-order valence-electron chi connectivity index (χ3n) is 4.88. The minimum atomic E-state index is -0.315. The van der Waals surface area contributed by atoms with E-state index in [9.17, 15) is 4.79 Å². The summed E-state index contributed by atoms with van der Waals surface area (Å²) in [5.74, 6) is 1.27. The number of piperidine rings is 1. The molecule has 1 saturated heterocycles. The Bertz CT molecular complexity index is 640. The number of nitrogens with one attached hydrogen (secondary N) is 2. The van der Waals surface area contributed by atoms with Gasteiger partial charge in [0, 0.05) is 25.3 Å². The molecule has 5 nitrogen and oxygen atoms in total. The summed E-state index contributed by atoms with van der Waals surface area (Å²) in [7, 11) is 0. The van der Waals surface area contributed by atoms with Crippen LogP contribution in [0.4, 0.5) is 5.69 Å². The molecule has 2 unspecified atom stereocenters. The highest BCUT2D eigenvalue weighted by Crippen LogP contribution is 2.21. The number of rotatable bonds is 7. The maximum Gasteiger partial charge on any atom is 0.338 e. The molecule has 0 saturated carbocycles. The molecule has 27 heavy (non-hydrogen) atoms. The van der Waals surface area contributed by atoms with Gasteiger partial charge in [0.15, 0.2) is 5.11 Å². The van der Waals surface area contributed by atoms with E-state index in [-0.39, 0.29) is 5.97 Å². The second-order valence-corrected chi connectivity index (χ2v) is 8.10. The highest BCUT2D eigenvalue weighted by molar-refractivity contribution is 7.80. The van der Waals surface area contributed by atoms with Crippen LogP contribution in [0.1, 0.15) is 49.5 Å². The van der Waals surface area contributed by atoms with E-state index in [0.717, 1.165) is 42.6 Å². The van der Waals surface area contributed by atoms with Crippen LogP contribution in [0.25, 0.3) is 0 Å².